The molecule has 0 amide bonds. The fraction of sp³-hybridized carbons (Fsp3) is 0.143. The molecule has 0 bridgehead atoms. The summed E-state index contributed by atoms with van der Waals surface area (Å²) >= 11 is 1.65. The molecule has 0 saturated heterocycles. The average molecular weight is 271 g/mol. The van der Waals surface area contributed by atoms with Crippen molar-refractivity contribution in [3.8, 4) is 5.75 Å². The van der Waals surface area contributed by atoms with E-state index >= 15 is 0 Å². The Labute approximate surface area is 115 Å². The van der Waals surface area contributed by atoms with E-state index in [0.29, 0.717) is 0 Å². The monoisotopic (exact) mass is 271 g/mol. The Morgan fingerprint density at radius 2 is 2.21 bits per heavy atom. The Morgan fingerprint density at radius 3 is 2.95 bits per heavy atom. The maximum absolute atomic E-state index is 5.21. The quantitative estimate of drug-likeness (QED) is 0.734. The highest BCUT2D eigenvalue weighted by atomic mass is 32.1. The van der Waals surface area contributed by atoms with Gasteiger partial charge in [-0.1, -0.05) is 0 Å². The highest BCUT2D eigenvalue weighted by Crippen LogP contribution is 2.27. The smallest absolute Gasteiger partial charge is 0.120 e. The maximum atomic E-state index is 5.21. The van der Waals surface area contributed by atoms with Crippen molar-refractivity contribution in [2.24, 2.45) is 7.05 Å². The number of rotatable bonds is 3. The fourth-order valence-corrected chi connectivity index (χ4v) is 2.71. The molecule has 0 aliphatic rings. The fourth-order valence-electron chi connectivity index (χ4n) is 1.81. The van der Waals surface area contributed by atoms with Gasteiger partial charge >= 0.3 is 0 Å². The number of thiazole rings is 1. The van der Waals surface area contributed by atoms with Crippen molar-refractivity contribution >= 4 is 33.7 Å². The van der Waals surface area contributed by atoms with E-state index in [1.165, 1.54) is 0 Å². The number of methoxy groups -OCH3 is 1. The van der Waals surface area contributed by atoms with Crippen LogP contribution >= 0.6 is 11.3 Å². The lowest BCUT2D eigenvalue weighted by atomic mass is 10.3. The van der Waals surface area contributed by atoms with Crippen molar-refractivity contribution < 1.29 is 4.74 Å². The number of hydrogen-bond donors (Lipinski definition) is 0. The van der Waals surface area contributed by atoms with Crippen molar-refractivity contribution in [3.63, 3.8) is 0 Å². The zero-order valence-electron chi connectivity index (χ0n) is 10.7. The number of benzene rings is 1. The molecule has 1 aromatic carbocycles. The number of fused-ring (bicyclic) bond motifs is 1. The number of aryl methyl sites for hydroxylation is 1. The lowest BCUT2D eigenvalue weighted by molar-refractivity contribution is 0.415. The van der Waals surface area contributed by atoms with Crippen molar-refractivity contribution in [3.05, 3.63) is 41.2 Å². The molecule has 3 rings (SSSR count). The van der Waals surface area contributed by atoms with Gasteiger partial charge in [-0.2, -0.15) is 5.10 Å². The van der Waals surface area contributed by atoms with E-state index in [2.05, 4.69) is 10.1 Å². The van der Waals surface area contributed by atoms with E-state index < -0.39 is 0 Å². The predicted octanol–water partition coefficient (Wildman–Crippen LogP) is 3.21. The summed E-state index contributed by atoms with van der Waals surface area (Å²) in [5.41, 5.74) is 2.07. The minimum Gasteiger partial charge on any atom is -0.497 e. The standard InChI is InChI=1S/C14H13N3OS/c1-17-9-10(8-15-17)3-6-14-16-12-5-4-11(18-2)7-13(12)19-14/h3-9H,1-2H3/b6-3+. The Balaban J connectivity index is 1.91. The van der Waals surface area contributed by atoms with Crippen LogP contribution in [0.1, 0.15) is 10.6 Å². The molecule has 4 nitrogen and oxygen atoms in total. The molecular formula is C14H13N3OS. The predicted molar refractivity (Wildman–Crippen MR) is 78.3 cm³/mol. The van der Waals surface area contributed by atoms with Crippen LogP contribution in [0.4, 0.5) is 0 Å². The van der Waals surface area contributed by atoms with Gasteiger partial charge in [0.1, 0.15) is 10.8 Å². The minimum absolute atomic E-state index is 0.860. The van der Waals surface area contributed by atoms with Gasteiger partial charge in [0.15, 0.2) is 0 Å². The van der Waals surface area contributed by atoms with Crippen LogP contribution in [-0.4, -0.2) is 21.9 Å². The lowest BCUT2D eigenvalue weighted by Gasteiger charge is -1.96. The molecule has 0 fully saturated rings. The molecule has 0 spiro atoms. The SMILES string of the molecule is COc1ccc2nc(/C=C/c3cnn(C)c3)sc2c1. The van der Waals surface area contributed by atoms with E-state index in [9.17, 15) is 0 Å². The van der Waals surface area contributed by atoms with E-state index in [4.69, 9.17) is 4.74 Å². The third-order valence-electron chi connectivity index (χ3n) is 2.76. The van der Waals surface area contributed by atoms with Gasteiger partial charge in [0.25, 0.3) is 0 Å². The van der Waals surface area contributed by atoms with Crippen LogP contribution < -0.4 is 4.74 Å². The first-order chi connectivity index (χ1) is 9.24. The summed E-state index contributed by atoms with van der Waals surface area (Å²) in [5, 5.41) is 5.11. The van der Waals surface area contributed by atoms with Gasteiger partial charge in [-0.15, -0.1) is 11.3 Å². The van der Waals surface area contributed by atoms with Gasteiger partial charge < -0.3 is 4.74 Å². The molecule has 5 heteroatoms. The van der Waals surface area contributed by atoms with E-state index in [0.717, 1.165) is 26.5 Å². The second-order valence-electron chi connectivity index (χ2n) is 4.17. The molecular weight excluding hydrogens is 258 g/mol. The Bertz CT molecular complexity index is 742. The molecule has 0 unspecified atom stereocenters. The highest BCUT2D eigenvalue weighted by Gasteiger charge is 2.02. The van der Waals surface area contributed by atoms with Crippen LogP contribution in [0.3, 0.4) is 0 Å². The number of nitrogens with zero attached hydrogens (tertiary/aromatic N) is 3. The van der Waals surface area contributed by atoms with Gasteiger partial charge in [0.2, 0.25) is 0 Å². The Kier molecular flexibility index (Phi) is 3.05. The molecule has 0 radical (unpaired) electrons. The van der Waals surface area contributed by atoms with Gasteiger partial charge in [0.05, 0.1) is 23.5 Å². The molecule has 0 aliphatic carbocycles. The second-order valence-corrected chi connectivity index (χ2v) is 5.23. The minimum atomic E-state index is 0.860. The first kappa shape index (κ1) is 11.9. The summed E-state index contributed by atoms with van der Waals surface area (Å²) < 4.78 is 8.12. The summed E-state index contributed by atoms with van der Waals surface area (Å²) in [6.45, 7) is 0. The third kappa shape index (κ3) is 2.51. The zero-order chi connectivity index (χ0) is 13.2. The van der Waals surface area contributed by atoms with Crippen molar-refractivity contribution in [2.45, 2.75) is 0 Å². The molecule has 0 aliphatic heterocycles. The van der Waals surface area contributed by atoms with Gasteiger partial charge in [-0.3, -0.25) is 4.68 Å². The van der Waals surface area contributed by atoms with Crippen LogP contribution in [0.5, 0.6) is 5.75 Å². The molecule has 0 N–H and O–H groups in total. The third-order valence-corrected chi connectivity index (χ3v) is 3.74. The van der Waals surface area contributed by atoms with Crippen LogP contribution in [0.15, 0.2) is 30.6 Å². The van der Waals surface area contributed by atoms with Crippen molar-refractivity contribution in [1.29, 1.82) is 0 Å². The average Bonchev–Trinajstić information content (AvgIpc) is 3.01. The van der Waals surface area contributed by atoms with Gasteiger partial charge in [-0.05, 0) is 30.4 Å². The van der Waals surface area contributed by atoms with Crippen LogP contribution in [-0.2, 0) is 7.05 Å². The first-order valence-electron chi connectivity index (χ1n) is 5.86. The van der Waals surface area contributed by atoms with Crippen LogP contribution in [0, 0.1) is 0 Å². The Morgan fingerprint density at radius 1 is 1.32 bits per heavy atom. The summed E-state index contributed by atoms with van der Waals surface area (Å²) in [5.74, 6) is 0.860. The largest absolute Gasteiger partial charge is 0.497 e. The summed E-state index contributed by atoms with van der Waals surface area (Å²) in [4.78, 5) is 4.56. The van der Waals surface area contributed by atoms with Gasteiger partial charge in [0, 0.05) is 18.8 Å². The summed E-state index contributed by atoms with van der Waals surface area (Å²) in [6.07, 6.45) is 7.82. The van der Waals surface area contributed by atoms with Crippen LogP contribution in [0.2, 0.25) is 0 Å². The van der Waals surface area contributed by atoms with Crippen molar-refractivity contribution in [1.82, 2.24) is 14.8 Å². The zero-order valence-corrected chi connectivity index (χ0v) is 11.5. The molecule has 2 heterocycles. The first-order valence-corrected chi connectivity index (χ1v) is 6.67. The van der Waals surface area contributed by atoms with Crippen molar-refractivity contribution in [2.75, 3.05) is 7.11 Å². The summed E-state index contributed by atoms with van der Waals surface area (Å²) in [7, 11) is 3.58. The van der Waals surface area contributed by atoms with E-state index in [-0.39, 0.29) is 0 Å². The topological polar surface area (TPSA) is 39.9 Å². The van der Waals surface area contributed by atoms with E-state index in [1.54, 1.807) is 23.1 Å². The number of hydrogen-bond acceptors (Lipinski definition) is 4. The molecule has 2 aromatic heterocycles. The molecule has 19 heavy (non-hydrogen) atoms. The second kappa shape index (κ2) is 4.85. The molecule has 0 saturated carbocycles. The van der Waals surface area contributed by atoms with E-state index in [1.807, 2.05) is 49.8 Å². The molecule has 96 valence electrons. The number of aromatic nitrogens is 3. The molecule has 3 aromatic rings. The number of ether oxygens (including phenoxy) is 1. The summed E-state index contributed by atoms with van der Waals surface area (Å²) in [6, 6.07) is 5.91. The maximum Gasteiger partial charge on any atom is 0.120 e. The normalized spacial score (nSPS) is 11.5. The lowest BCUT2D eigenvalue weighted by Crippen LogP contribution is -1.83. The highest BCUT2D eigenvalue weighted by molar-refractivity contribution is 7.19. The van der Waals surface area contributed by atoms with Gasteiger partial charge in [-0.25, -0.2) is 4.98 Å². The Hall–Kier alpha value is -2.14. The molecule has 0 atom stereocenters. The van der Waals surface area contributed by atoms with Crippen LogP contribution in [0.25, 0.3) is 22.4 Å².